The van der Waals surface area contributed by atoms with E-state index in [2.05, 4.69) is 14.9 Å². The second-order valence-corrected chi connectivity index (χ2v) is 8.41. The minimum atomic E-state index is -0.295. The highest BCUT2D eigenvalue weighted by molar-refractivity contribution is 6.07. The molecule has 2 aromatic carbocycles. The van der Waals surface area contributed by atoms with Crippen LogP contribution in [0.4, 0.5) is 10.5 Å². The number of hydrogen-bond donors (Lipinski definition) is 0. The first-order chi connectivity index (χ1) is 16.2. The molecule has 1 aliphatic heterocycles. The fraction of sp³-hybridized carbons (Fsp3) is 0.308. The molecular formula is C26H26N4O3. The SMILES string of the molecule is O=C(c1cccc(N2CCN(C(=O)OCc3ccccc3)CC2)c1)c1ncc2c(n1)CCC2. The lowest BCUT2D eigenvalue weighted by Crippen LogP contribution is -2.49. The second-order valence-electron chi connectivity index (χ2n) is 8.41. The third-order valence-corrected chi connectivity index (χ3v) is 6.23. The summed E-state index contributed by atoms with van der Waals surface area (Å²) in [6.07, 6.45) is 4.48. The van der Waals surface area contributed by atoms with Crippen molar-refractivity contribution in [2.45, 2.75) is 25.9 Å². The monoisotopic (exact) mass is 442 g/mol. The largest absolute Gasteiger partial charge is 0.445 e. The van der Waals surface area contributed by atoms with Crippen molar-refractivity contribution in [3.63, 3.8) is 0 Å². The summed E-state index contributed by atoms with van der Waals surface area (Å²) in [6, 6.07) is 17.2. The quantitative estimate of drug-likeness (QED) is 0.562. The van der Waals surface area contributed by atoms with Crippen molar-refractivity contribution in [1.29, 1.82) is 0 Å². The fourth-order valence-corrected chi connectivity index (χ4v) is 4.35. The summed E-state index contributed by atoms with van der Waals surface area (Å²) in [4.78, 5) is 38.1. The molecule has 168 valence electrons. The van der Waals surface area contributed by atoms with E-state index in [1.165, 1.54) is 0 Å². The van der Waals surface area contributed by atoms with Gasteiger partial charge in [0.25, 0.3) is 0 Å². The predicted octanol–water partition coefficient (Wildman–Crippen LogP) is 3.66. The van der Waals surface area contributed by atoms with Crippen LogP contribution in [0.15, 0.2) is 60.8 Å². The molecule has 0 spiro atoms. The molecule has 0 radical (unpaired) electrons. The van der Waals surface area contributed by atoms with E-state index in [-0.39, 0.29) is 24.3 Å². The molecule has 0 N–H and O–H groups in total. The molecule has 1 aliphatic carbocycles. The Morgan fingerprint density at radius 1 is 0.939 bits per heavy atom. The molecule has 7 heteroatoms. The van der Waals surface area contributed by atoms with Gasteiger partial charge in [-0.25, -0.2) is 14.8 Å². The van der Waals surface area contributed by atoms with Gasteiger partial charge in [0.15, 0.2) is 0 Å². The third-order valence-electron chi connectivity index (χ3n) is 6.23. The van der Waals surface area contributed by atoms with Gasteiger partial charge >= 0.3 is 6.09 Å². The van der Waals surface area contributed by atoms with Gasteiger partial charge in [-0.3, -0.25) is 4.79 Å². The van der Waals surface area contributed by atoms with Crippen LogP contribution in [0.2, 0.25) is 0 Å². The lowest BCUT2D eigenvalue weighted by Gasteiger charge is -2.35. The van der Waals surface area contributed by atoms with Gasteiger partial charge in [-0.1, -0.05) is 42.5 Å². The normalized spacial score (nSPS) is 15.3. The van der Waals surface area contributed by atoms with Crippen molar-refractivity contribution in [2.24, 2.45) is 0 Å². The number of aryl methyl sites for hydroxylation is 2. The number of ether oxygens (including phenoxy) is 1. The number of fused-ring (bicyclic) bond motifs is 1. The van der Waals surface area contributed by atoms with Crippen LogP contribution in [0.3, 0.4) is 0 Å². The molecule has 3 aromatic rings. The Bertz CT molecular complexity index is 1160. The van der Waals surface area contributed by atoms with Crippen LogP contribution in [0.25, 0.3) is 0 Å². The number of amides is 1. The molecule has 1 aromatic heterocycles. The Balaban J connectivity index is 1.19. The average molecular weight is 443 g/mol. The highest BCUT2D eigenvalue weighted by atomic mass is 16.6. The molecule has 2 heterocycles. The molecule has 1 saturated heterocycles. The van der Waals surface area contributed by atoms with Gasteiger partial charge in [0.1, 0.15) is 6.61 Å². The zero-order chi connectivity index (χ0) is 22.6. The van der Waals surface area contributed by atoms with Crippen LogP contribution in [-0.4, -0.2) is 52.9 Å². The lowest BCUT2D eigenvalue weighted by molar-refractivity contribution is 0.0941. The van der Waals surface area contributed by atoms with Crippen LogP contribution in [0.5, 0.6) is 0 Å². The number of nitrogens with zero attached hydrogens (tertiary/aromatic N) is 4. The van der Waals surface area contributed by atoms with E-state index in [9.17, 15) is 9.59 Å². The van der Waals surface area contributed by atoms with E-state index >= 15 is 0 Å². The maximum absolute atomic E-state index is 13.0. The van der Waals surface area contributed by atoms with Gasteiger partial charge in [0.2, 0.25) is 11.6 Å². The zero-order valence-electron chi connectivity index (χ0n) is 18.4. The summed E-state index contributed by atoms with van der Waals surface area (Å²) in [6.45, 7) is 2.76. The van der Waals surface area contributed by atoms with Gasteiger partial charge < -0.3 is 14.5 Å². The van der Waals surface area contributed by atoms with Gasteiger partial charge in [0, 0.05) is 49.3 Å². The number of hydrogen-bond acceptors (Lipinski definition) is 6. The molecule has 0 bridgehead atoms. The number of rotatable bonds is 5. The smallest absolute Gasteiger partial charge is 0.410 e. The van der Waals surface area contributed by atoms with E-state index in [0.717, 1.165) is 41.8 Å². The minimum Gasteiger partial charge on any atom is -0.445 e. The number of piperazine rings is 1. The van der Waals surface area contributed by atoms with E-state index in [0.29, 0.717) is 31.7 Å². The summed E-state index contributed by atoms with van der Waals surface area (Å²) >= 11 is 0. The number of aromatic nitrogens is 2. The predicted molar refractivity (Wildman–Crippen MR) is 124 cm³/mol. The third kappa shape index (κ3) is 4.72. The maximum Gasteiger partial charge on any atom is 0.410 e. The van der Waals surface area contributed by atoms with Crippen LogP contribution < -0.4 is 4.90 Å². The number of benzene rings is 2. The molecule has 0 unspecified atom stereocenters. The summed E-state index contributed by atoms with van der Waals surface area (Å²) in [5.41, 5.74) is 4.66. The van der Waals surface area contributed by atoms with Crippen molar-refractivity contribution in [2.75, 3.05) is 31.1 Å². The van der Waals surface area contributed by atoms with Gasteiger partial charge in [-0.2, -0.15) is 0 Å². The zero-order valence-corrected chi connectivity index (χ0v) is 18.4. The molecule has 1 amide bonds. The second kappa shape index (κ2) is 9.40. The highest BCUT2D eigenvalue weighted by Crippen LogP contribution is 2.22. The molecular weight excluding hydrogens is 416 g/mol. The molecule has 2 aliphatic rings. The maximum atomic E-state index is 13.0. The van der Waals surface area contributed by atoms with Gasteiger partial charge in [-0.15, -0.1) is 0 Å². The van der Waals surface area contributed by atoms with Crippen molar-refractivity contribution in [3.8, 4) is 0 Å². The number of anilines is 1. The first kappa shape index (κ1) is 21.1. The highest BCUT2D eigenvalue weighted by Gasteiger charge is 2.24. The van der Waals surface area contributed by atoms with E-state index < -0.39 is 0 Å². The molecule has 1 fully saturated rings. The van der Waals surface area contributed by atoms with Crippen LogP contribution in [-0.2, 0) is 24.2 Å². The summed E-state index contributed by atoms with van der Waals surface area (Å²) in [5, 5.41) is 0. The van der Waals surface area contributed by atoms with E-state index in [4.69, 9.17) is 4.74 Å². The standard InChI is InChI=1S/C26H26N4O3/c31-24(25-27-17-21-9-5-11-23(21)28-25)20-8-4-10-22(16-20)29-12-14-30(15-13-29)26(32)33-18-19-6-2-1-3-7-19/h1-4,6-8,10,16-17H,5,9,11-15,18H2. The fourth-order valence-electron chi connectivity index (χ4n) is 4.35. The molecule has 5 rings (SSSR count). The number of ketones is 1. The van der Waals surface area contributed by atoms with E-state index in [1.807, 2.05) is 48.5 Å². The molecule has 33 heavy (non-hydrogen) atoms. The van der Waals surface area contributed by atoms with Crippen LogP contribution in [0.1, 0.15) is 39.4 Å². The van der Waals surface area contributed by atoms with Crippen molar-refractivity contribution < 1.29 is 14.3 Å². The molecule has 0 atom stereocenters. The van der Waals surface area contributed by atoms with Crippen molar-refractivity contribution >= 4 is 17.6 Å². The Hall–Kier alpha value is -3.74. The Morgan fingerprint density at radius 3 is 2.58 bits per heavy atom. The van der Waals surface area contributed by atoms with E-state index in [1.54, 1.807) is 17.2 Å². The van der Waals surface area contributed by atoms with Gasteiger partial charge in [-0.05, 0) is 42.5 Å². The summed E-state index contributed by atoms with van der Waals surface area (Å²) < 4.78 is 5.45. The van der Waals surface area contributed by atoms with Crippen LogP contribution >= 0.6 is 0 Å². The minimum absolute atomic E-state index is 0.158. The number of carbonyl (C=O) groups excluding carboxylic acids is 2. The molecule has 7 nitrogen and oxygen atoms in total. The topological polar surface area (TPSA) is 75.6 Å². The first-order valence-electron chi connectivity index (χ1n) is 11.4. The Labute approximate surface area is 193 Å². The average Bonchev–Trinajstić information content (AvgIpc) is 3.36. The summed E-state index contributed by atoms with van der Waals surface area (Å²) in [5.74, 6) is 0.105. The number of carbonyl (C=O) groups is 2. The first-order valence-corrected chi connectivity index (χ1v) is 11.4. The Morgan fingerprint density at radius 2 is 1.76 bits per heavy atom. The van der Waals surface area contributed by atoms with Crippen molar-refractivity contribution in [3.05, 3.63) is 89.0 Å². The lowest BCUT2D eigenvalue weighted by atomic mass is 10.1. The van der Waals surface area contributed by atoms with Crippen molar-refractivity contribution in [1.82, 2.24) is 14.9 Å². The van der Waals surface area contributed by atoms with Gasteiger partial charge in [0.05, 0.1) is 0 Å². The van der Waals surface area contributed by atoms with Crippen LogP contribution in [0, 0.1) is 0 Å². The molecule has 0 saturated carbocycles. The Kier molecular flexibility index (Phi) is 6.02. The summed E-state index contributed by atoms with van der Waals surface area (Å²) in [7, 11) is 0.